The number of amides is 1. The molecule has 1 heterocycles. The van der Waals surface area contributed by atoms with Crippen molar-refractivity contribution >= 4 is 23.2 Å². The van der Waals surface area contributed by atoms with Gasteiger partial charge in [-0.25, -0.2) is 15.4 Å². The van der Waals surface area contributed by atoms with Crippen molar-refractivity contribution in [2.45, 2.75) is 6.92 Å². The topological polar surface area (TPSA) is 87.5 Å². The van der Waals surface area contributed by atoms with Crippen LogP contribution in [0.25, 0.3) is 11.0 Å². The van der Waals surface area contributed by atoms with Gasteiger partial charge in [0.2, 0.25) is 0 Å². The number of phenolic OH excluding ortho intramolecular Hbond substituents is 1. The highest BCUT2D eigenvalue weighted by molar-refractivity contribution is 5.95. The van der Waals surface area contributed by atoms with Crippen LogP contribution in [0.2, 0.25) is 0 Å². The first kappa shape index (κ1) is 14.6. The lowest BCUT2D eigenvalue weighted by molar-refractivity contribution is 0.0949. The fraction of sp³-hybridized carbons (Fsp3) is 0.0588. The summed E-state index contributed by atoms with van der Waals surface area (Å²) in [6, 6.07) is 14.0. The van der Waals surface area contributed by atoms with E-state index >= 15 is 0 Å². The number of hydrazone groups is 1. The molecule has 2 N–H and O–H groups in total. The summed E-state index contributed by atoms with van der Waals surface area (Å²) < 4.78 is 0. The standard InChI is InChI=1S/C17H14N4O2/c1-11-16(20-14-8-4-3-7-13(14)19-11)17(23)21-18-10-12-6-2-5-9-15(12)22/h2-10,22H,1H3,(H,21,23)/b18-10+. The molecule has 0 saturated heterocycles. The van der Waals surface area contributed by atoms with Crippen LogP contribution in [0.5, 0.6) is 5.75 Å². The third kappa shape index (κ3) is 3.16. The molecule has 0 saturated carbocycles. The first-order valence-corrected chi connectivity index (χ1v) is 7.00. The predicted octanol–water partition coefficient (Wildman–Crippen LogP) is 2.41. The quantitative estimate of drug-likeness (QED) is 0.574. The summed E-state index contributed by atoms with van der Waals surface area (Å²) >= 11 is 0. The van der Waals surface area contributed by atoms with Gasteiger partial charge < -0.3 is 5.11 Å². The molecule has 6 heteroatoms. The zero-order valence-electron chi connectivity index (χ0n) is 12.4. The summed E-state index contributed by atoms with van der Waals surface area (Å²) in [6.07, 6.45) is 1.37. The van der Waals surface area contributed by atoms with Crippen molar-refractivity contribution in [2.24, 2.45) is 5.10 Å². The molecule has 114 valence electrons. The minimum atomic E-state index is -0.451. The normalized spacial score (nSPS) is 11.0. The Morgan fingerprint density at radius 3 is 2.48 bits per heavy atom. The molecule has 0 atom stereocenters. The van der Waals surface area contributed by atoms with Crippen LogP contribution in [-0.4, -0.2) is 27.2 Å². The number of para-hydroxylation sites is 3. The number of nitrogens with zero attached hydrogens (tertiary/aromatic N) is 3. The lowest BCUT2D eigenvalue weighted by atomic mass is 10.2. The number of aromatic hydroxyl groups is 1. The summed E-state index contributed by atoms with van der Waals surface area (Å²) in [5.41, 5.74) is 5.03. The summed E-state index contributed by atoms with van der Waals surface area (Å²) in [6.45, 7) is 1.72. The van der Waals surface area contributed by atoms with Crippen molar-refractivity contribution in [3.63, 3.8) is 0 Å². The third-order valence-electron chi connectivity index (χ3n) is 3.27. The van der Waals surface area contributed by atoms with Gasteiger partial charge in [0, 0.05) is 5.56 Å². The molecule has 3 rings (SSSR count). The molecule has 0 aliphatic rings. The SMILES string of the molecule is Cc1nc2ccccc2nc1C(=O)N/N=C/c1ccccc1O. The Labute approximate surface area is 132 Å². The average molecular weight is 306 g/mol. The highest BCUT2D eigenvalue weighted by Gasteiger charge is 2.12. The zero-order valence-corrected chi connectivity index (χ0v) is 12.4. The third-order valence-corrected chi connectivity index (χ3v) is 3.27. The number of rotatable bonds is 3. The Bertz CT molecular complexity index is 906. The van der Waals surface area contributed by atoms with Crippen LogP contribution in [0, 0.1) is 6.92 Å². The maximum Gasteiger partial charge on any atom is 0.291 e. The van der Waals surface area contributed by atoms with Crippen LogP contribution in [0.1, 0.15) is 21.7 Å². The predicted molar refractivity (Wildman–Crippen MR) is 87.4 cm³/mol. The minimum Gasteiger partial charge on any atom is -0.507 e. The molecule has 0 spiro atoms. The number of fused-ring (bicyclic) bond motifs is 1. The monoisotopic (exact) mass is 306 g/mol. The van der Waals surface area contributed by atoms with Crippen molar-refractivity contribution in [3.05, 3.63) is 65.5 Å². The number of carbonyl (C=O) groups excluding carboxylic acids is 1. The molecule has 0 aliphatic heterocycles. The number of aromatic nitrogens is 2. The van der Waals surface area contributed by atoms with Crippen molar-refractivity contribution in [2.75, 3.05) is 0 Å². The van der Waals surface area contributed by atoms with Crippen LogP contribution in [0.4, 0.5) is 0 Å². The van der Waals surface area contributed by atoms with Crippen LogP contribution in [0.15, 0.2) is 53.6 Å². The van der Waals surface area contributed by atoms with E-state index in [-0.39, 0.29) is 11.4 Å². The molecule has 1 aromatic heterocycles. The van der Waals surface area contributed by atoms with Crippen molar-refractivity contribution in [1.29, 1.82) is 0 Å². The first-order valence-electron chi connectivity index (χ1n) is 7.00. The number of hydrogen-bond donors (Lipinski definition) is 2. The number of benzene rings is 2. The minimum absolute atomic E-state index is 0.0900. The van der Waals surface area contributed by atoms with E-state index in [1.54, 1.807) is 37.3 Å². The van der Waals surface area contributed by atoms with E-state index in [1.807, 2.05) is 18.2 Å². The fourth-order valence-electron chi connectivity index (χ4n) is 2.11. The van der Waals surface area contributed by atoms with Crippen LogP contribution < -0.4 is 5.43 Å². The zero-order chi connectivity index (χ0) is 16.2. The Hall–Kier alpha value is -3.28. The van der Waals surface area contributed by atoms with Gasteiger partial charge >= 0.3 is 0 Å². The first-order chi connectivity index (χ1) is 11.1. The molecule has 0 radical (unpaired) electrons. The highest BCUT2D eigenvalue weighted by Crippen LogP contribution is 2.13. The van der Waals surface area contributed by atoms with Gasteiger partial charge in [-0.3, -0.25) is 4.79 Å². The molecular formula is C17H14N4O2. The van der Waals surface area contributed by atoms with Gasteiger partial charge in [-0.2, -0.15) is 5.10 Å². The number of hydrogen-bond acceptors (Lipinski definition) is 5. The van der Waals surface area contributed by atoms with E-state index in [0.717, 1.165) is 5.52 Å². The van der Waals surface area contributed by atoms with E-state index in [2.05, 4.69) is 20.5 Å². The largest absolute Gasteiger partial charge is 0.507 e. The van der Waals surface area contributed by atoms with E-state index < -0.39 is 5.91 Å². The molecule has 23 heavy (non-hydrogen) atoms. The van der Waals surface area contributed by atoms with E-state index in [0.29, 0.717) is 16.8 Å². The Morgan fingerprint density at radius 1 is 1.09 bits per heavy atom. The second-order valence-corrected chi connectivity index (χ2v) is 4.90. The summed E-state index contributed by atoms with van der Waals surface area (Å²) in [4.78, 5) is 20.9. The lowest BCUT2D eigenvalue weighted by Crippen LogP contribution is -2.21. The van der Waals surface area contributed by atoms with E-state index in [4.69, 9.17) is 0 Å². The molecule has 0 fully saturated rings. The Kier molecular flexibility index (Phi) is 3.97. The Balaban J connectivity index is 1.81. The van der Waals surface area contributed by atoms with Gasteiger partial charge in [0.1, 0.15) is 5.75 Å². The van der Waals surface area contributed by atoms with Crippen molar-refractivity contribution < 1.29 is 9.90 Å². The van der Waals surface area contributed by atoms with Gasteiger partial charge in [-0.1, -0.05) is 24.3 Å². The Morgan fingerprint density at radius 2 is 1.74 bits per heavy atom. The molecule has 2 aromatic carbocycles. The number of phenols is 1. The van der Waals surface area contributed by atoms with Gasteiger partial charge in [0.05, 0.1) is 22.9 Å². The lowest BCUT2D eigenvalue weighted by Gasteiger charge is -2.05. The molecule has 0 aliphatic carbocycles. The molecule has 1 amide bonds. The number of carbonyl (C=O) groups is 1. The van der Waals surface area contributed by atoms with Gasteiger partial charge in [-0.05, 0) is 31.2 Å². The van der Waals surface area contributed by atoms with Gasteiger partial charge in [0.15, 0.2) is 5.69 Å². The molecule has 0 bridgehead atoms. The molecule has 6 nitrogen and oxygen atoms in total. The summed E-state index contributed by atoms with van der Waals surface area (Å²) in [5.74, 6) is -0.361. The summed E-state index contributed by atoms with van der Waals surface area (Å²) in [7, 11) is 0. The van der Waals surface area contributed by atoms with Crippen LogP contribution in [0.3, 0.4) is 0 Å². The average Bonchev–Trinajstić information content (AvgIpc) is 2.56. The fourth-order valence-corrected chi connectivity index (χ4v) is 2.11. The van der Waals surface area contributed by atoms with Crippen molar-refractivity contribution in [1.82, 2.24) is 15.4 Å². The van der Waals surface area contributed by atoms with Gasteiger partial charge in [-0.15, -0.1) is 0 Å². The second kappa shape index (κ2) is 6.23. The highest BCUT2D eigenvalue weighted by atomic mass is 16.3. The van der Waals surface area contributed by atoms with E-state index in [1.165, 1.54) is 6.21 Å². The number of nitrogens with one attached hydrogen (secondary N) is 1. The molecule has 0 unspecified atom stereocenters. The molecular weight excluding hydrogens is 292 g/mol. The van der Waals surface area contributed by atoms with Crippen molar-refractivity contribution in [3.8, 4) is 5.75 Å². The summed E-state index contributed by atoms with van der Waals surface area (Å²) in [5, 5.41) is 13.5. The van der Waals surface area contributed by atoms with Crippen LogP contribution >= 0.6 is 0 Å². The molecule has 3 aromatic rings. The maximum absolute atomic E-state index is 12.2. The second-order valence-electron chi connectivity index (χ2n) is 4.90. The van der Waals surface area contributed by atoms with Crippen LogP contribution in [-0.2, 0) is 0 Å². The van der Waals surface area contributed by atoms with Gasteiger partial charge in [0.25, 0.3) is 5.91 Å². The van der Waals surface area contributed by atoms with E-state index in [9.17, 15) is 9.90 Å². The maximum atomic E-state index is 12.2. The number of aryl methyl sites for hydroxylation is 1. The smallest absolute Gasteiger partial charge is 0.291 e.